The number of carboxylic acid groups (broad SMARTS) is 1. The lowest BCUT2D eigenvalue weighted by molar-refractivity contribution is -0.137. The number of hydrogen-bond acceptors (Lipinski definition) is 7. The van der Waals surface area contributed by atoms with E-state index >= 15 is 0 Å². The maximum absolute atomic E-state index is 10.9. The molecule has 0 aliphatic heterocycles. The smallest absolute Gasteiger partial charge is 0.305 e. The Bertz CT molecular complexity index is 1240. The molecule has 0 fully saturated rings. The van der Waals surface area contributed by atoms with Crippen LogP contribution in [0, 0.1) is 22.7 Å². The number of carboxylic acids is 1. The Morgan fingerprint density at radius 2 is 1.66 bits per heavy atom. The number of rotatable bonds is 11. The van der Waals surface area contributed by atoms with Crippen LogP contribution in [0.4, 0.5) is 0 Å². The number of hydroxylamine groups is 1. The largest absolute Gasteiger partial charge is 0.489 e. The molecule has 3 rings (SSSR count). The maximum Gasteiger partial charge on any atom is 0.305 e. The first-order valence-electron chi connectivity index (χ1n) is 10.6. The van der Waals surface area contributed by atoms with E-state index in [4.69, 9.17) is 29.9 Å². The summed E-state index contributed by atoms with van der Waals surface area (Å²) >= 11 is 0. The highest BCUT2D eigenvalue weighted by Gasteiger charge is 2.14. The van der Waals surface area contributed by atoms with Gasteiger partial charge in [0.05, 0.1) is 37.2 Å². The number of ether oxygens (including phenoxy) is 2. The highest BCUT2D eigenvalue weighted by Crippen LogP contribution is 2.23. The summed E-state index contributed by atoms with van der Waals surface area (Å²) in [5.74, 6) is -0.482. The van der Waals surface area contributed by atoms with E-state index in [1.165, 1.54) is 13.4 Å². The lowest BCUT2D eigenvalue weighted by Gasteiger charge is -2.11. The van der Waals surface area contributed by atoms with E-state index in [-0.39, 0.29) is 6.42 Å². The number of carbonyl (C=O) groups is 1. The van der Waals surface area contributed by atoms with E-state index in [1.54, 1.807) is 48.5 Å². The molecule has 1 unspecified atom stereocenters. The summed E-state index contributed by atoms with van der Waals surface area (Å²) in [6.07, 6.45) is 1.29. The van der Waals surface area contributed by atoms with Crippen LogP contribution in [-0.4, -0.2) is 18.2 Å². The van der Waals surface area contributed by atoms with Crippen LogP contribution in [0.25, 0.3) is 5.70 Å². The molecule has 0 heterocycles. The molecule has 0 saturated carbocycles. The fraction of sp³-hybridized carbons (Fsp3) is 0.148. The molecule has 3 aromatic rings. The summed E-state index contributed by atoms with van der Waals surface area (Å²) in [4.78, 5) is 15.9. The van der Waals surface area contributed by atoms with Crippen molar-refractivity contribution in [3.05, 3.63) is 101 Å². The molecule has 0 bridgehead atoms. The van der Waals surface area contributed by atoms with Crippen molar-refractivity contribution in [2.24, 2.45) is 0 Å². The van der Waals surface area contributed by atoms with Gasteiger partial charge in [0.15, 0.2) is 0 Å². The average molecular weight is 469 g/mol. The number of nitrogens with zero attached hydrogens (tertiary/aromatic N) is 2. The van der Waals surface area contributed by atoms with Gasteiger partial charge in [-0.2, -0.15) is 10.5 Å². The van der Waals surface area contributed by atoms with Gasteiger partial charge in [0.2, 0.25) is 0 Å². The Kier molecular flexibility index (Phi) is 8.84. The van der Waals surface area contributed by atoms with Crippen molar-refractivity contribution in [3.63, 3.8) is 0 Å². The van der Waals surface area contributed by atoms with E-state index in [2.05, 4.69) is 11.5 Å². The third-order valence-corrected chi connectivity index (χ3v) is 5.00. The van der Waals surface area contributed by atoms with Crippen molar-refractivity contribution in [3.8, 4) is 23.6 Å². The van der Waals surface area contributed by atoms with Crippen LogP contribution in [-0.2, 0) is 16.2 Å². The molecule has 2 N–H and O–H groups in total. The summed E-state index contributed by atoms with van der Waals surface area (Å²) in [7, 11) is 1.50. The predicted molar refractivity (Wildman–Crippen MR) is 128 cm³/mol. The minimum absolute atomic E-state index is 0.239. The van der Waals surface area contributed by atoms with Gasteiger partial charge >= 0.3 is 5.97 Å². The molecule has 35 heavy (non-hydrogen) atoms. The quantitative estimate of drug-likeness (QED) is 0.305. The van der Waals surface area contributed by atoms with Gasteiger partial charge in [0.1, 0.15) is 30.1 Å². The van der Waals surface area contributed by atoms with Crippen molar-refractivity contribution < 1.29 is 24.2 Å². The van der Waals surface area contributed by atoms with Gasteiger partial charge in [-0.3, -0.25) is 15.1 Å². The van der Waals surface area contributed by atoms with Gasteiger partial charge in [-0.05, 0) is 47.5 Å². The number of hydrogen-bond donors (Lipinski definition) is 2. The Balaban J connectivity index is 1.58. The minimum Gasteiger partial charge on any atom is -0.489 e. The van der Waals surface area contributed by atoms with Crippen molar-refractivity contribution in [2.75, 3.05) is 7.11 Å². The Hall–Kier alpha value is -4.79. The first-order chi connectivity index (χ1) is 17.0. The molecular weight excluding hydrogens is 446 g/mol. The SMILES string of the molecule is CONC(=COc1ccc(COc2ccc(C(C#N)CC(=O)O)cc2)cc1)c1ccc(C#N)cc1. The van der Waals surface area contributed by atoms with E-state index in [1.807, 2.05) is 30.3 Å². The predicted octanol–water partition coefficient (Wildman–Crippen LogP) is 4.75. The molecule has 0 spiro atoms. The lowest BCUT2D eigenvalue weighted by Crippen LogP contribution is -2.11. The fourth-order valence-electron chi connectivity index (χ4n) is 3.15. The molecule has 0 aromatic heterocycles. The molecule has 3 aromatic carbocycles. The zero-order valence-corrected chi connectivity index (χ0v) is 19.0. The maximum atomic E-state index is 10.9. The van der Waals surface area contributed by atoms with Crippen molar-refractivity contribution in [1.29, 1.82) is 10.5 Å². The number of aliphatic carboxylic acids is 1. The van der Waals surface area contributed by atoms with Crippen LogP contribution in [0.2, 0.25) is 0 Å². The van der Waals surface area contributed by atoms with Crippen molar-refractivity contribution in [1.82, 2.24) is 5.48 Å². The van der Waals surface area contributed by atoms with Crippen LogP contribution < -0.4 is 15.0 Å². The van der Waals surface area contributed by atoms with Crippen LogP contribution in [0.3, 0.4) is 0 Å². The average Bonchev–Trinajstić information content (AvgIpc) is 2.89. The number of benzene rings is 3. The van der Waals surface area contributed by atoms with E-state index in [9.17, 15) is 4.79 Å². The third kappa shape index (κ3) is 7.36. The first-order valence-corrected chi connectivity index (χ1v) is 10.6. The fourth-order valence-corrected chi connectivity index (χ4v) is 3.15. The second-order valence-electron chi connectivity index (χ2n) is 7.43. The van der Waals surface area contributed by atoms with Gasteiger partial charge in [-0.1, -0.05) is 36.4 Å². The van der Waals surface area contributed by atoms with Crippen LogP contribution in [0.15, 0.2) is 79.1 Å². The van der Waals surface area contributed by atoms with Gasteiger partial charge < -0.3 is 14.6 Å². The summed E-state index contributed by atoms with van der Waals surface area (Å²) < 4.78 is 11.5. The molecular formula is C27H23N3O5. The zero-order valence-electron chi connectivity index (χ0n) is 19.0. The van der Waals surface area contributed by atoms with Gasteiger partial charge in [0.25, 0.3) is 0 Å². The minimum atomic E-state index is -1.01. The van der Waals surface area contributed by atoms with Gasteiger partial charge in [0, 0.05) is 5.56 Å². The monoisotopic (exact) mass is 469 g/mol. The molecule has 1 atom stereocenters. The standard InChI is InChI=1S/C27H23N3O5/c1-33-30-26(22-6-2-19(15-28)3-7-22)18-35-24-10-4-20(5-11-24)17-34-25-12-8-21(9-13-25)23(16-29)14-27(31)32/h2-13,18,23,30H,14,17H2,1H3,(H,31,32). The Morgan fingerprint density at radius 3 is 2.23 bits per heavy atom. The van der Waals surface area contributed by atoms with E-state index in [0.29, 0.717) is 34.9 Å². The molecule has 0 amide bonds. The Labute approximate surface area is 203 Å². The summed E-state index contributed by atoms with van der Waals surface area (Å²) in [5, 5.41) is 27.0. The topological polar surface area (TPSA) is 125 Å². The van der Waals surface area contributed by atoms with Crippen molar-refractivity contribution >= 4 is 11.7 Å². The molecule has 0 saturated heterocycles. The molecule has 176 valence electrons. The van der Waals surface area contributed by atoms with Crippen LogP contribution >= 0.6 is 0 Å². The van der Waals surface area contributed by atoms with Crippen LogP contribution in [0.5, 0.6) is 11.5 Å². The summed E-state index contributed by atoms with van der Waals surface area (Å²) in [6, 6.07) is 25.3. The normalized spacial score (nSPS) is 11.6. The number of nitrogens with one attached hydrogen (secondary N) is 1. The lowest BCUT2D eigenvalue weighted by atomic mass is 9.97. The second-order valence-corrected chi connectivity index (χ2v) is 7.43. The highest BCUT2D eigenvalue weighted by molar-refractivity contribution is 5.68. The third-order valence-electron chi connectivity index (χ3n) is 5.00. The first kappa shape index (κ1) is 24.8. The van der Waals surface area contributed by atoms with Gasteiger partial charge in [-0.15, -0.1) is 0 Å². The molecule has 8 nitrogen and oxygen atoms in total. The summed E-state index contributed by atoms with van der Waals surface area (Å²) in [6.45, 7) is 0.327. The van der Waals surface area contributed by atoms with Crippen molar-refractivity contribution in [2.45, 2.75) is 18.9 Å². The zero-order chi connectivity index (χ0) is 25.0. The molecule has 8 heteroatoms. The molecule has 0 aliphatic carbocycles. The summed E-state index contributed by atoms with van der Waals surface area (Å²) in [5.41, 5.74) is 6.28. The van der Waals surface area contributed by atoms with Gasteiger partial charge in [-0.25, -0.2) is 0 Å². The molecule has 0 aliphatic rings. The van der Waals surface area contributed by atoms with Crippen LogP contribution in [0.1, 0.15) is 34.6 Å². The van der Waals surface area contributed by atoms with E-state index < -0.39 is 11.9 Å². The second kappa shape index (κ2) is 12.4. The van der Waals surface area contributed by atoms with E-state index in [0.717, 1.165) is 11.1 Å². The highest BCUT2D eigenvalue weighted by atomic mass is 16.6. The number of nitriles is 2. The Morgan fingerprint density at radius 1 is 1.00 bits per heavy atom. The molecule has 0 radical (unpaired) electrons.